The Morgan fingerprint density at radius 3 is 2.82 bits per heavy atom. The van der Waals surface area contributed by atoms with Crippen molar-refractivity contribution in [2.75, 3.05) is 6.54 Å². The molecule has 1 aliphatic rings. The molecule has 1 saturated heterocycles. The summed E-state index contributed by atoms with van der Waals surface area (Å²) in [5.41, 5.74) is 0.921. The van der Waals surface area contributed by atoms with Gasteiger partial charge in [-0.05, 0) is 48.9 Å². The molecule has 1 aromatic carbocycles. The fraction of sp³-hybridized carbons (Fsp3) is 0.364. The summed E-state index contributed by atoms with van der Waals surface area (Å²) in [7, 11) is 0. The van der Waals surface area contributed by atoms with Gasteiger partial charge >= 0.3 is 0 Å². The van der Waals surface area contributed by atoms with Gasteiger partial charge in [-0.1, -0.05) is 15.9 Å². The summed E-state index contributed by atoms with van der Waals surface area (Å²) in [6, 6.07) is 8.10. The molecule has 1 atom stereocenters. The van der Waals surface area contributed by atoms with Gasteiger partial charge in [0.2, 0.25) is 0 Å². The predicted octanol–water partition coefficient (Wildman–Crippen LogP) is 1.85. The Morgan fingerprint density at radius 2 is 2.12 bits per heavy atom. The molecular formula is C11H12BrN5. The topological polar surface area (TPSA) is 55.6 Å². The molecule has 1 fully saturated rings. The fourth-order valence-corrected chi connectivity index (χ4v) is 2.22. The predicted molar refractivity (Wildman–Crippen MR) is 66.8 cm³/mol. The Bertz CT molecular complexity index is 501. The zero-order chi connectivity index (χ0) is 11.7. The summed E-state index contributed by atoms with van der Waals surface area (Å²) in [6.45, 7) is 1.04. The second-order valence-electron chi connectivity index (χ2n) is 4.06. The van der Waals surface area contributed by atoms with Crippen molar-refractivity contribution in [3.05, 3.63) is 34.6 Å². The van der Waals surface area contributed by atoms with E-state index in [1.807, 2.05) is 24.3 Å². The van der Waals surface area contributed by atoms with Gasteiger partial charge in [-0.3, -0.25) is 0 Å². The van der Waals surface area contributed by atoms with Crippen molar-refractivity contribution in [2.45, 2.75) is 18.9 Å². The van der Waals surface area contributed by atoms with Crippen LogP contribution in [0.15, 0.2) is 28.7 Å². The van der Waals surface area contributed by atoms with Crippen LogP contribution in [0.25, 0.3) is 5.69 Å². The first-order chi connectivity index (χ1) is 8.33. The van der Waals surface area contributed by atoms with Crippen LogP contribution in [-0.2, 0) is 0 Å². The van der Waals surface area contributed by atoms with E-state index in [4.69, 9.17) is 0 Å². The highest BCUT2D eigenvalue weighted by molar-refractivity contribution is 9.10. The Balaban J connectivity index is 1.86. The van der Waals surface area contributed by atoms with Crippen molar-refractivity contribution in [1.29, 1.82) is 0 Å². The third kappa shape index (κ3) is 2.23. The van der Waals surface area contributed by atoms with Crippen LogP contribution in [0, 0.1) is 0 Å². The lowest BCUT2D eigenvalue weighted by molar-refractivity contribution is 0.602. The molecule has 6 heteroatoms. The molecule has 0 bridgehead atoms. The van der Waals surface area contributed by atoms with Crippen LogP contribution in [0.1, 0.15) is 24.7 Å². The summed E-state index contributed by atoms with van der Waals surface area (Å²) in [4.78, 5) is 1.57. The van der Waals surface area contributed by atoms with E-state index >= 15 is 0 Å². The second-order valence-corrected chi connectivity index (χ2v) is 4.98. The second kappa shape index (κ2) is 4.54. The molecule has 0 amide bonds. The van der Waals surface area contributed by atoms with Crippen LogP contribution < -0.4 is 5.32 Å². The van der Waals surface area contributed by atoms with Gasteiger partial charge in [-0.15, -0.1) is 15.0 Å². The van der Waals surface area contributed by atoms with Gasteiger partial charge in [0.15, 0.2) is 5.82 Å². The van der Waals surface area contributed by atoms with Crippen molar-refractivity contribution in [3.8, 4) is 5.69 Å². The summed E-state index contributed by atoms with van der Waals surface area (Å²) < 4.78 is 1.04. The Hall–Kier alpha value is -1.27. The van der Waals surface area contributed by atoms with Crippen LogP contribution >= 0.6 is 15.9 Å². The quantitative estimate of drug-likeness (QED) is 0.918. The molecule has 88 valence electrons. The van der Waals surface area contributed by atoms with Gasteiger partial charge in [0.25, 0.3) is 0 Å². The molecule has 2 heterocycles. The van der Waals surface area contributed by atoms with E-state index in [1.165, 1.54) is 6.42 Å². The third-order valence-corrected chi connectivity index (χ3v) is 3.39. The lowest BCUT2D eigenvalue weighted by Crippen LogP contribution is -2.14. The van der Waals surface area contributed by atoms with Gasteiger partial charge < -0.3 is 5.32 Å². The lowest BCUT2D eigenvalue weighted by Gasteiger charge is -2.02. The molecule has 17 heavy (non-hydrogen) atoms. The van der Waals surface area contributed by atoms with Crippen molar-refractivity contribution >= 4 is 15.9 Å². The maximum atomic E-state index is 4.41. The first kappa shape index (κ1) is 10.9. The van der Waals surface area contributed by atoms with E-state index in [0.29, 0.717) is 0 Å². The molecule has 3 rings (SSSR count). The zero-order valence-corrected chi connectivity index (χ0v) is 10.8. The van der Waals surface area contributed by atoms with Crippen LogP contribution in [0.3, 0.4) is 0 Å². The van der Waals surface area contributed by atoms with Crippen LogP contribution in [-0.4, -0.2) is 26.8 Å². The van der Waals surface area contributed by atoms with Gasteiger partial charge in [0, 0.05) is 4.47 Å². The lowest BCUT2D eigenvalue weighted by atomic mass is 10.2. The Kier molecular flexibility index (Phi) is 2.90. The minimum absolute atomic E-state index is 0.263. The number of nitrogens with one attached hydrogen (secondary N) is 1. The van der Waals surface area contributed by atoms with E-state index in [2.05, 4.69) is 36.7 Å². The van der Waals surface area contributed by atoms with Crippen LogP contribution in [0.4, 0.5) is 0 Å². The number of aromatic nitrogens is 4. The monoisotopic (exact) mass is 293 g/mol. The molecule has 0 spiro atoms. The van der Waals surface area contributed by atoms with Crippen molar-refractivity contribution in [1.82, 2.24) is 25.5 Å². The van der Waals surface area contributed by atoms with Crippen molar-refractivity contribution < 1.29 is 0 Å². The normalized spacial score (nSPS) is 19.7. The standard InChI is InChI=1S/C11H12BrN5/c12-8-3-5-9(6-4-8)17-15-11(14-16-17)10-2-1-7-13-10/h3-6,10,13H,1-2,7H2. The molecule has 1 unspecified atom stereocenters. The summed E-state index contributed by atoms with van der Waals surface area (Å²) >= 11 is 3.40. The number of benzene rings is 1. The number of hydrogen-bond donors (Lipinski definition) is 1. The molecule has 1 N–H and O–H groups in total. The number of hydrogen-bond acceptors (Lipinski definition) is 4. The van der Waals surface area contributed by atoms with Gasteiger partial charge in [0.1, 0.15) is 0 Å². The molecular weight excluding hydrogens is 282 g/mol. The molecule has 1 aromatic heterocycles. The highest BCUT2D eigenvalue weighted by atomic mass is 79.9. The maximum Gasteiger partial charge on any atom is 0.192 e. The largest absolute Gasteiger partial charge is 0.307 e. The molecule has 0 radical (unpaired) electrons. The average molecular weight is 294 g/mol. The van der Waals surface area contributed by atoms with Gasteiger partial charge in [-0.25, -0.2) is 0 Å². The van der Waals surface area contributed by atoms with Gasteiger partial charge in [0.05, 0.1) is 11.7 Å². The summed E-state index contributed by atoms with van der Waals surface area (Å²) in [5, 5.41) is 16.0. The Morgan fingerprint density at radius 1 is 1.29 bits per heavy atom. The SMILES string of the molecule is Brc1ccc(-n2nnc(C3CCCN3)n2)cc1. The molecule has 1 aliphatic heterocycles. The molecule has 0 saturated carbocycles. The minimum atomic E-state index is 0.263. The highest BCUT2D eigenvalue weighted by Crippen LogP contribution is 2.19. The Labute approximate surface area is 107 Å². The van der Waals surface area contributed by atoms with E-state index in [9.17, 15) is 0 Å². The highest BCUT2D eigenvalue weighted by Gasteiger charge is 2.20. The van der Waals surface area contributed by atoms with E-state index < -0.39 is 0 Å². The summed E-state index contributed by atoms with van der Waals surface area (Å²) in [6.07, 6.45) is 2.27. The molecule has 5 nitrogen and oxygen atoms in total. The summed E-state index contributed by atoms with van der Waals surface area (Å²) in [5.74, 6) is 0.783. The van der Waals surface area contributed by atoms with E-state index in [-0.39, 0.29) is 6.04 Å². The first-order valence-electron chi connectivity index (χ1n) is 5.62. The van der Waals surface area contributed by atoms with E-state index in [1.54, 1.807) is 4.80 Å². The number of tetrazole rings is 1. The van der Waals surface area contributed by atoms with Crippen LogP contribution in [0.5, 0.6) is 0 Å². The molecule has 2 aromatic rings. The maximum absolute atomic E-state index is 4.41. The smallest absolute Gasteiger partial charge is 0.192 e. The fourth-order valence-electron chi connectivity index (χ4n) is 1.95. The number of nitrogens with zero attached hydrogens (tertiary/aromatic N) is 4. The molecule has 0 aliphatic carbocycles. The van der Waals surface area contributed by atoms with Crippen molar-refractivity contribution in [3.63, 3.8) is 0 Å². The minimum Gasteiger partial charge on any atom is -0.307 e. The first-order valence-corrected chi connectivity index (χ1v) is 6.41. The average Bonchev–Trinajstić information content (AvgIpc) is 3.00. The van der Waals surface area contributed by atoms with Gasteiger partial charge in [-0.2, -0.15) is 0 Å². The number of halogens is 1. The third-order valence-electron chi connectivity index (χ3n) is 2.86. The van der Waals surface area contributed by atoms with Crippen molar-refractivity contribution in [2.24, 2.45) is 0 Å². The van der Waals surface area contributed by atoms with Crippen LogP contribution in [0.2, 0.25) is 0 Å². The zero-order valence-electron chi connectivity index (χ0n) is 9.17. The number of rotatable bonds is 2. The van der Waals surface area contributed by atoms with E-state index in [0.717, 1.165) is 29.0 Å².